The number of nitrogens with zero attached hydrogens (tertiary/aromatic N) is 2. The summed E-state index contributed by atoms with van der Waals surface area (Å²) in [6.45, 7) is 14.2. The number of aromatic nitrogens is 1. The van der Waals surface area contributed by atoms with E-state index < -0.39 is 0 Å². The summed E-state index contributed by atoms with van der Waals surface area (Å²) in [4.78, 5) is 2.51. The Labute approximate surface area is 246 Å². The van der Waals surface area contributed by atoms with Crippen LogP contribution in [0, 0.1) is 6.92 Å². The SMILES string of the molecule is CCCCOc1ccc2c(c1)c(C)c(-c1ccc(OC(C)C)cc1)n2Cc1ccc(OCCN2CCCCC2)cc1. The molecule has 5 heteroatoms. The third-order valence-electron chi connectivity index (χ3n) is 7.94. The van der Waals surface area contributed by atoms with Crippen molar-refractivity contribution in [1.82, 2.24) is 9.47 Å². The molecule has 0 bridgehead atoms. The summed E-state index contributed by atoms with van der Waals surface area (Å²) >= 11 is 0. The molecule has 0 spiro atoms. The number of fused-ring (bicyclic) bond motifs is 1. The fourth-order valence-corrected chi connectivity index (χ4v) is 5.77. The van der Waals surface area contributed by atoms with Gasteiger partial charge in [-0.2, -0.15) is 0 Å². The number of hydrogen-bond donors (Lipinski definition) is 0. The van der Waals surface area contributed by atoms with Gasteiger partial charge >= 0.3 is 0 Å². The van der Waals surface area contributed by atoms with Crippen LogP contribution >= 0.6 is 0 Å². The van der Waals surface area contributed by atoms with E-state index in [4.69, 9.17) is 14.2 Å². The van der Waals surface area contributed by atoms with Crippen molar-refractivity contribution in [1.29, 1.82) is 0 Å². The molecular weight excluding hydrogens is 508 g/mol. The van der Waals surface area contributed by atoms with E-state index in [0.717, 1.165) is 56.4 Å². The third-order valence-corrected chi connectivity index (χ3v) is 7.94. The summed E-state index contributed by atoms with van der Waals surface area (Å²) in [5.41, 5.74) is 6.12. The number of unbranched alkanes of at least 4 members (excludes halogenated alkanes) is 1. The summed E-state index contributed by atoms with van der Waals surface area (Å²) in [5, 5.41) is 1.23. The van der Waals surface area contributed by atoms with Crippen molar-refractivity contribution in [2.45, 2.75) is 72.4 Å². The van der Waals surface area contributed by atoms with Crippen LogP contribution in [0.5, 0.6) is 17.2 Å². The van der Waals surface area contributed by atoms with E-state index in [1.54, 1.807) is 0 Å². The van der Waals surface area contributed by atoms with Crippen molar-refractivity contribution < 1.29 is 14.2 Å². The van der Waals surface area contributed by atoms with Gasteiger partial charge in [0, 0.05) is 24.0 Å². The van der Waals surface area contributed by atoms with Crippen LogP contribution in [0.15, 0.2) is 66.7 Å². The summed E-state index contributed by atoms with van der Waals surface area (Å²) < 4.78 is 20.5. The Bertz CT molecular complexity index is 1380. The molecule has 0 amide bonds. The molecule has 1 aliphatic heterocycles. The minimum absolute atomic E-state index is 0.150. The Balaban J connectivity index is 1.39. The first kappa shape index (κ1) is 29.1. The number of aryl methyl sites for hydroxylation is 1. The molecule has 1 aliphatic rings. The molecule has 41 heavy (non-hydrogen) atoms. The van der Waals surface area contributed by atoms with Crippen molar-refractivity contribution in [3.63, 3.8) is 0 Å². The van der Waals surface area contributed by atoms with E-state index >= 15 is 0 Å². The van der Waals surface area contributed by atoms with Gasteiger partial charge in [0.15, 0.2) is 0 Å². The predicted octanol–water partition coefficient (Wildman–Crippen LogP) is 8.50. The average Bonchev–Trinajstić information content (AvgIpc) is 3.25. The number of likely N-dealkylation sites (tertiary alicyclic amines) is 1. The zero-order valence-electron chi connectivity index (χ0n) is 25.3. The van der Waals surface area contributed by atoms with Crippen LogP contribution in [0.3, 0.4) is 0 Å². The van der Waals surface area contributed by atoms with Gasteiger partial charge in [-0.25, -0.2) is 0 Å². The van der Waals surface area contributed by atoms with Crippen molar-refractivity contribution in [2.24, 2.45) is 0 Å². The highest BCUT2D eigenvalue weighted by atomic mass is 16.5. The van der Waals surface area contributed by atoms with E-state index in [2.05, 4.69) is 104 Å². The summed E-state index contributed by atoms with van der Waals surface area (Å²) in [5.74, 6) is 2.77. The highest BCUT2D eigenvalue weighted by Crippen LogP contribution is 2.36. The molecule has 1 fully saturated rings. The lowest BCUT2D eigenvalue weighted by Crippen LogP contribution is -2.33. The average molecular weight is 555 g/mol. The Morgan fingerprint density at radius 3 is 2.17 bits per heavy atom. The van der Waals surface area contributed by atoms with Gasteiger partial charge in [-0.05, 0) is 124 Å². The van der Waals surface area contributed by atoms with E-state index in [9.17, 15) is 0 Å². The summed E-state index contributed by atoms with van der Waals surface area (Å²) in [6, 6.07) is 23.6. The van der Waals surface area contributed by atoms with Gasteiger partial charge in [0.05, 0.1) is 18.4 Å². The number of hydrogen-bond acceptors (Lipinski definition) is 4. The van der Waals surface area contributed by atoms with Gasteiger partial charge in [0.2, 0.25) is 0 Å². The van der Waals surface area contributed by atoms with Crippen LogP contribution in [0.1, 0.15) is 64.0 Å². The summed E-state index contributed by atoms with van der Waals surface area (Å²) in [6.07, 6.45) is 6.33. The maximum atomic E-state index is 6.10. The number of piperidine rings is 1. The molecule has 1 saturated heterocycles. The second-order valence-corrected chi connectivity index (χ2v) is 11.5. The minimum atomic E-state index is 0.150. The van der Waals surface area contributed by atoms with Gasteiger partial charge in [-0.15, -0.1) is 0 Å². The highest BCUT2D eigenvalue weighted by molar-refractivity contribution is 5.92. The zero-order valence-corrected chi connectivity index (χ0v) is 25.3. The molecule has 5 nitrogen and oxygen atoms in total. The van der Waals surface area contributed by atoms with Gasteiger partial charge in [-0.3, -0.25) is 4.90 Å². The largest absolute Gasteiger partial charge is 0.494 e. The maximum Gasteiger partial charge on any atom is 0.120 e. The first-order valence-electron chi connectivity index (χ1n) is 15.5. The molecule has 0 atom stereocenters. The van der Waals surface area contributed by atoms with Gasteiger partial charge in [-0.1, -0.05) is 31.9 Å². The fourth-order valence-electron chi connectivity index (χ4n) is 5.77. The lowest BCUT2D eigenvalue weighted by atomic mass is 10.1. The topological polar surface area (TPSA) is 35.9 Å². The quantitative estimate of drug-likeness (QED) is 0.155. The van der Waals surface area contributed by atoms with Crippen molar-refractivity contribution in [2.75, 3.05) is 32.8 Å². The van der Waals surface area contributed by atoms with Crippen molar-refractivity contribution in [3.05, 3.63) is 77.9 Å². The normalized spacial score (nSPS) is 14.1. The molecule has 0 saturated carbocycles. The van der Waals surface area contributed by atoms with Crippen LogP contribution in [0.2, 0.25) is 0 Å². The van der Waals surface area contributed by atoms with Crippen LogP contribution in [0.4, 0.5) is 0 Å². The van der Waals surface area contributed by atoms with E-state index in [0.29, 0.717) is 0 Å². The molecule has 0 radical (unpaired) electrons. The predicted molar refractivity (Wildman–Crippen MR) is 170 cm³/mol. The monoisotopic (exact) mass is 554 g/mol. The zero-order chi connectivity index (χ0) is 28.6. The second kappa shape index (κ2) is 14.0. The van der Waals surface area contributed by atoms with Crippen LogP contribution < -0.4 is 14.2 Å². The molecule has 218 valence electrons. The first-order valence-corrected chi connectivity index (χ1v) is 15.5. The summed E-state index contributed by atoms with van der Waals surface area (Å²) in [7, 11) is 0. The highest BCUT2D eigenvalue weighted by Gasteiger charge is 2.18. The maximum absolute atomic E-state index is 6.10. The standard InChI is InChI=1S/C36H46N2O3/c1-5-6-23-39-33-18-19-35-34(25-33)28(4)36(30-12-16-32(17-13-30)41-27(2)3)38(35)26-29-10-14-31(15-11-29)40-24-22-37-20-8-7-9-21-37/h10-19,25,27H,5-9,20-24,26H2,1-4H3. The Kier molecular flexibility index (Phi) is 9.89. The lowest BCUT2D eigenvalue weighted by molar-refractivity contribution is 0.183. The smallest absolute Gasteiger partial charge is 0.120 e. The van der Waals surface area contributed by atoms with Crippen LogP contribution in [-0.2, 0) is 6.54 Å². The van der Waals surface area contributed by atoms with E-state index in [1.807, 2.05) is 0 Å². The molecule has 5 rings (SSSR count). The Hall–Kier alpha value is -3.44. The van der Waals surface area contributed by atoms with Crippen LogP contribution in [-0.4, -0.2) is 48.4 Å². The van der Waals surface area contributed by atoms with Crippen molar-refractivity contribution >= 4 is 10.9 Å². The van der Waals surface area contributed by atoms with Gasteiger partial charge < -0.3 is 18.8 Å². The fraction of sp³-hybridized carbons (Fsp3) is 0.444. The minimum Gasteiger partial charge on any atom is -0.494 e. The lowest BCUT2D eigenvalue weighted by Gasteiger charge is -2.26. The van der Waals surface area contributed by atoms with Crippen LogP contribution in [0.25, 0.3) is 22.2 Å². The number of ether oxygens (including phenoxy) is 3. The Morgan fingerprint density at radius 2 is 1.46 bits per heavy atom. The molecule has 3 aromatic carbocycles. The Morgan fingerprint density at radius 1 is 0.780 bits per heavy atom. The van der Waals surface area contributed by atoms with Crippen molar-refractivity contribution in [3.8, 4) is 28.5 Å². The van der Waals surface area contributed by atoms with Gasteiger partial charge in [0.1, 0.15) is 23.9 Å². The molecular formula is C36H46N2O3. The number of rotatable bonds is 13. The molecule has 1 aromatic heterocycles. The molecule has 0 aliphatic carbocycles. The van der Waals surface area contributed by atoms with E-state index in [1.165, 1.54) is 65.6 Å². The third kappa shape index (κ3) is 7.45. The molecule has 0 N–H and O–H groups in total. The number of benzene rings is 3. The second-order valence-electron chi connectivity index (χ2n) is 11.5. The van der Waals surface area contributed by atoms with Gasteiger partial charge in [0.25, 0.3) is 0 Å². The first-order chi connectivity index (χ1) is 20.0. The van der Waals surface area contributed by atoms with E-state index in [-0.39, 0.29) is 6.10 Å². The molecule has 2 heterocycles. The molecule has 0 unspecified atom stereocenters. The molecule has 4 aromatic rings.